The summed E-state index contributed by atoms with van der Waals surface area (Å²) in [7, 11) is 0. The average molecular weight is 1520 g/mol. The fraction of sp³-hybridized carbons (Fsp3) is 0.0265. The molecular weight excluding hydrogens is 1440 g/mol. The number of para-hydroxylation sites is 5. The SMILES string of the molecule is CC1(C)c2ccccc2-c2cccc(-c3cc(-c4ccccc4)cc(-n4c5ccccc5c5cc(-c6ccc7c(c6)c6ccccc6n7-c6ccccc6)ccc54)n3)c21.c1ccc(-c2cccc(-c3cccc(-n4c5ccccc5c5cc(-c6ccc7c(c6)c6ccccc6n7-c6ccc(-c7ccc8ccccc8c7)cc6)ccc54)c3)n2)cc1. The molecule has 1 aliphatic carbocycles. The van der Waals surface area contributed by atoms with E-state index < -0.39 is 0 Å². The third kappa shape index (κ3) is 11.5. The van der Waals surface area contributed by atoms with Crippen LogP contribution in [-0.4, -0.2) is 28.2 Å². The Labute approximate surface area is 689 Å². The summed E-state index contributed by atoms with van der Waals surface area (Å²) < 4.78 is 9.53. The van der Waals surface area contributed by atoms with Gasteiger partial charge in [0.05, 0.1) is 61.2 Å². The molecule has 0 N–H and O–H groups in total. The van der Waals surface area contributed by atoms with Gasteiger partial charge in [-0.2, -0.15) is 0 Å². The van der Waals surface area contributed by atoms with Crippen molar-refractivity contribution in [1.29, 1.82) is 0 Å². The van der Waals surface area contributed by atoms with Crippen LogP contribution in [0.2, 0.25) is 0 Å². The van der Waals surface area contributed by atoms with Gasteiger partial charge in [0.2, 0.25) is 0 Å². The molecule has 17 aromatic carbocycles. The number of pyridine rings is 2. The number of rotatable bonds is 11. The molecule has 23 aromatic rings. The van der Waals surface area contributed by atoms with Gasteiger partial charge in [-0.3, -0.25) is 4.57 Å². The molecule has 0 aliphatic heterocycles. The third-order valence-electron chi connectivity index (χ3n) is 24.8. The first-order chi connectivity index (χ1) is 58.8. The van der Waals surface area contributed by atoms with Gasteiger partial charge in [-0.05, 0) is 217 Å². The Balaban J connectivity index is 0.000000139. The van der Waals surface area contributed by atoms with Crippen LogP contribution < -0.4 is 0 Å². The Morgan fingerprint density at radius 2 is 0.571 bits per heavy atom. The molecule has 0 bridgehead atoms. The number of nitrogens with zero attached hydrogens (tertiary/aromatic N) is 6. The molecule has 0 saturated carbocycles. The summed E-state index contributed by atoms with van der Waals surface area (Å²) in [5.74, 6) is 0.904. The van der Waals surface area contributed by atoms with E-state index in [0.717, 1.165) is 62.0 Å². The average Bonchev–Trinajstić information content (AvgIpc) is 1.57. The van der Waals surface area contributed by atoms with Gasteiger partial charge in [0.1, 0.15) is 5.82 Å². The molecule has 0 radical (unpaired) electrons. The minimum Gasteiger partial charge on any atom is -0.309 e. The van der Waals surface area contributed by atoms with Gasteiger partial charge in [0.15, 0.2) is 0 Å². The predicted molar refractivity (Wildman–Crippen MR) is 499 cm³/mol. The second kappa shape index (κ2) is 27.9. The van der Waals surface area contributed by atoms with Crippen molar-refractivity contribution in [3.63, 3.8) is 0 Å². The van der Waals surface area contributed by atoms with E-state index >= 15 is 0 Å². The molecule has 119 heavy (non-hydrogen) atoms. The number of fused-ring (bicyclic) bond motifs is 16. The monoisotopic (exact) mass is 1520 g/mol. The lowest BCUT2D eigenvalue weighted by molar-refractivity contribution is 0.662. The lowest BCUT2D eigenvalue weighted by Gasteiger charge is -2.24. The summed E-state index contributed by atoms with van der Waals surface area (Å²) in [6, 6.07) is 154. The lowest BCUT2D eigenvalue weighted by atomic mass is 9.79. The Morgan fingerprint density at radius 3 is 1.15 bits per heavy atom. The van der Waals surface area contributed by atoms with Crippen molar-refractivity contribution in [3.05, 3.63) is 436 Å². The summed E-state index contributed by atoms with van der Waals surface area (Å²) in [4.78, 5) is 10.7. The van der Waals surface area contributed by atoms with Crippen molar-refractivity contribution in [2.45, 2.75) is 19.3 Å². The Kier molecular flexibility index (Phi) is 16.2. The van der Waals surface area contributed by atoms with E-state index in [2.05, 4.69) is 451 Å². The molecule has 6 nitrogen and oxygen atoms in total. The van der Waals surface area contributed by atoms with Gasteiger partial charge in [-0.1, -0.05) is 299 Å². The maximum Gasteiger partial charge on any atom is 0.138 e. The van der Waals surface area contributed by atoms with Crippen LogP contribution in [0.15, 0.2) is 425 Å². The molecule has 0 saturated heterocycles. The molecule has 0 atom stereocenters. The van der Waals surface area contributed by atoms with Crippen molar-refractivity contribution < 1.29 is 0 Å². The van der Waals surface area contributed by atoms with Crippen LogP contribution in [0.1, 0.15) is 25.0 Å². The Bertz CT molecular complexity index is 7990. The molecule has 1 aliphatic rings. The normalized spacial score (nSPS) is 12.4. The zero-order valence-corrected chi connectivity index (χ0v) is 65.6. The summed E-state index contributed by atoms with van der Waals surface area (Å²) in [5.41, 5.74) is 33.8. The fourth-order valence-corrected chi connectivity index (χ4v) is 19.2. The van der Waals surface area contributed by atoms with Crippen LogP contribution in [0.4, 0.5) is 0 Å². The first-order valence-electron chi connectivity index (χ1n) is 41.0. The van der Waals surface area contributed by atoms with Crippen molar-refractivity contribution in [2.75, 3.05) is 0 Å². The van der Waals surface area contributed by atoms with Gasteiger partial charge in [0.25, 0.3) is 0 Å². The van der Waals surface area contributed by atoms with Crippen LogP contribution in [-0.2, 0) is 5.41 Å². The topological polar surface area (TPSA) is 45.5 Å². The van der Waals surface area contributed by atoms with E-state index in [1.807, 2.05) is 6.07 Å². The first-order valence-corrected chi connectivity index (χ1v) is 41.0. The molecule has 6 heteroatoms. The van der Waals surface area contributed by atoms with Crippen LogP contribution in [0, 0.1) is 0 Å². The van der Waals surface area contributed by atoms with E-state index in [-0.39, 0.29) is 5.41 Å². The standard InChI is InChI=1S/C57H37N3.C56H39N3/c1-2-13-40(14-3-1)52-20-11-21-53(58-52)45-16-10-17-47(35-45)60-55-23-9-7-19-49(55)51-37-44(29-33-57(51)60)43-28-32-56-50(36-43)48-18-6-8-22-54(48)59(56)46-30-26-39(27-31-46)42-25-24-38-12-4-5-15-41(38)34-42;1-56(2)48-25-12-9-20-41(48)44-23-15-24-45(55(44)56)49-34-39(36-16-5-3-6-17-36)35-54(57-49)59-51-27-14-11-22-43(51)47-33-38(29-31-53(47)59)37-28-30-52-46(32-37)42-21-10-13-26-50(42)58(52)40-18-7-4-8-19-40/h1-37H;3-35H,1-2H3. The fourth-order valence-electron chi connectivity index (χ4n) is 19.2. The molecule has 6 aromatic heterocycles. The van der Waals surface area contributed by atoms with E-state index in [0.29, 0.717) is 0 Å². The van der Waals surface area contributed by atoms with Gasteiger partial charge in [-0.25, -0.2) is 9.97 Å². The molecule has 0 unspecified atom stereocenters. The number of aromatic nitrogens is 6. The Hall–Kier alpha value is -15.5. The van der Waals surface area contributed by atoms with Crippen LogP contribution >= 0.6 is 0 Å². The van der Waals surface area contributed by atoms with Gasteiger partial charge >= 0.3 is 0 Å². The highest BCUT2D eigenvalue weighted by atomic mass is 15.1. The second-order valence-corrected chi connectivity index (χ2v) is 32.0. The molecule has 0 spiro atoms. The minimum absolute atomic E-state index is 0.171. The molecule has 24 rings (SSSR count). The van der Waals surface area contributed by atoms with Gasteiger partial charge in [-0.15, -0.1) is 0 Å². The number of hydrogen-bond donors (Lipinski definition) is 0. The zero-order chi connectivity index (χ0) is 78.8. The quantitative estimate of drug-likeness (QED) is 0.130. The van der Waals surface area contributed by atoms with Crippen LogP contribution in [0.5, 0.6) is 0 Å². The van der Waals surface area contributed by atoms with E-state index in [9.17, 15) is 0 Å². The highest BCUT2D eigenvalue weighted by Crippen LogP contribution is 2.53. The third-order valence-corrected chi connectivity index (χ3v) is 24.8. The van der Waals surface area contributed by atoms with Crippen LogP contribution in [0.25, 0.3) is 210 Å². The van der Waals surface area contributed by atoms with E-state index in [4.69, 9.17) is 9.97 Å². The first kappa shape index (κ1) is 69.0. The summed E-state index contributed by atoms with van der Waals surface area (Å²) in [5, 5.41) is 12.4. The van der Waals surface area contributed by atoms with Crippen molar-refractivity contribution in [3.8, 4) is 112 Å². The summed E-state index contributed by atoms with van der Waals surface area (Å²) >= 11 is 0. The maximum atomic E-state index is 5.61. The minimum atomic E-state index is -0.171. The highest BCUT2D eigenvalue weighted by molar-refractivity contribution is 6.15. The molecule has 0 amide bonds. The summed E-state index contributed by atoms with van der Waals surface area (Å²) in [6.45, 7) is 4.71. The second-order valence-electron chi connectivity index (χ2n) is 32.0. The number of hydrogen-bond acceptors (Lipinski definition) is 2. The van der Waals surface area contributed by atoms with Crippen molar-refractivity contribution in [2.24, 2.45) is 0 Å². The zero-order valence-electron chi connectivity index (χ0n) is 65.6. The Morgan fingerprint density at radius 1 is 0.193 bits per heavy atom. The molecule has 6 heterocycles. The lowest BCUT2D eigenvalue weighted by Crippen LogP contribution is -2.16. The highest BCUT2D eigenvalue weighted by Gasteiger charge is 2.38. The molecule has 558 valence electrons. The van der Waals surface area contributed by atoms with E-state index in [1.54, 1.807) is 0 Å². The van der Waals surface area contributed by atoms with Gasteiger partial charge in [0, 0.05) is 82.3 Å². The smallest absolute Gasteiger partial charge is 0.138 e. The molecular formula is C113H76N6. The maximum absolute atomic E-state index is 5.61. The predicted octanol–water partition coefficient (Wildman–Crippen LogP) is 29.7. The van der Waals surface area contributed by atoms with Gasteiger partial charge < -0.3 is 13.7 Å². The summed E-state index contributed by atoms with van der Waals surface area (Å²) in [6.07, 6.45) is 0. The van der Waals surface area contributed by atoms with Crippen molar-refractivity contribution in [1.82, 2.24) is 28.2 Å². The molecule has 0 fully saturated rings. The largest absolute Gasteiger partial charge is 0.309 e. The van der Waals surface area contributed by atoms with Crippen LogP contribution in [0.3, 0.4) is 0 Å². The van der Waals surface area contributed by atoms with Crippen molar-refractivity contribution >= 4 is 98.0 Å². The van der Waals surface area contributed by atoms with E-state index in [1.165, 1.54) is 159 Å². The number of benzene rings is 17.